The molecular weight excluding hydrogens is 438 g/mol. The van der Waals surface area contributed by atoms with Crippen molar-refractivity contribution in [3.05, 3.63) is 60.2 Å². The lowest BCUT2D eigenvalue weighted by atomic mass is 9.93. The first-order valence-corrected chi connectivity index (χ1v) is 12.8. The maximum Gasteiger partial charge on any atom is 0.247 e. The maximum atomic E-state index is 13.5. The Hall–Kier alpha value is -2.71. The van der Waals surface area contributed by atoms with E-state index in [1.165, 1.54) is 17.0 Å². The molecule has 0 aliphatic carbocycles. The van der Waals surface area contributed by atoms with Crippen molar-refractivity contribution in [2.75, 3.05) is 24.5 Å². The minimum absolute atomic E-state index is 0.0998. The number of nitrogens with zero attached hydrogens (tertiary/aromatic N) is 2. The highest BCUT2D eigenvalue weighted by Crippen LogP contribution is 2.34. The lowest BCUT2D eigenvalue weighted by molar-refractivity contribution is -0.132. The number of nitrogens with one attached hydrogen (secondary N) is 1. The summed E-state index contributed by atoms with van der Waals surface area (Å²) in [5.74, 6) is -0.392. The largest absolute Gasteiger partial charge is 0.354 e. The Morgan fingerprint density at radius 3 is 2.36 bits per heavy atom. The number of amides is 2. The molecule has 2 amide bonds. The van der Waals surface area contributed by atoms with Gasteiger partial charge in [0.25, 0.3) is 0 Å². The summed E-state index contributed by atoms with van der Waals surface area (Å²) in [5.41, 5.74) is 0.161. The number of aryl methyl sites for hydroxylation is 1. The van der Waals surface area contributed by atoms with E-state index in [9.17, 15) is 18.0 Å². The monoisotopic (exact) mass is 471 g/mol. The van der Waals surface area contributed by atoms with E-state index < -0.39 is 21.5 Å². The maximum absolute atomic E-state index is 13.5. The van der Waals surface area contributed by atoms with E-state index in [1.807, 2.05) is 31.2 Å². The molecule has 0 spiro atoms. The fraction of sp³-hybridized carbons (Fsp3) is 0.440. The van der Waals surface area contributed by atoms with Crippen LogP contribution in [0.1, 0.15) is 39.7 Å². The smallest absolute Gasteiger partial charge is 0.247 e. The molecule has 1 saturated heterocycles. The van der Waals surface area contributed by atoms with Gasteiger partial charge in [-0.05, 0) is 49.4 Å². The molecule has 1 fully saturated rings. The van der Waals surface area contributed by atoms with Gasteiger partial charge in [-0.15, -0.1) is 0 Å². The Labute approximate surface area is 196 Å². The normalized spacial score (nSPS) is 19.7. The average Bonchev–Trinajstić information content (AvgIpc) is 2.79. The number of sulfonamides is 1. The number of para-hydroxylation sites is 1. The molecule has 1 atom stereocenters. The molecule has 178 valence electrons. The predicted molar refractivity (Wildman–Crippen MR) is 129 cm³/mol. The second-order valence-electron chi connectivity index (χ2n) is 9.01. The van der Waals surface area contributed by atoms with Gasteiger partial charge in [-0.25, -0.2) is 8.42 Å². The van der Waals surface area contributed by atoms with Crippen LogP contribution < -0.4 is 10.2 Å². The van der Waals surface area contributed by atoms with Crippen molar-refractivity contribution in [2.45, 2.75) is 51.0 Å². The Morgan fingerprint density at radius 2 is 1.73 bits per heavy atom. The summed E-state index contributed by atoms with van der Waals surface area (Å²) in [6.45, 7) is 7.75. The van der Waals surface area contributed by atoms with E-state index in [-0.39, 0.29) is 23.9 Å². The summed E-state index contributed by atoms with van der Waals surface area (Å²) < 4.78 is 27.8. The molecule has 2 aromatic carbocycles. The van der Waals surface area contributed by atoms with Crippen molar-refractivity contribution in [1.29, 1.82) is 0 Å². The van der Waals surface area contributed by atoms with E-state index in [0.717, 1.165) is 16.3 Å². The molecule has 2 aromatic rings. The first-order valence-electron chi connectivity index (χ1n) is 11.4. The summed E-state index contributed by atoms with van der Waals surface area (Å²) >= 11 is 0. The molecule has 1 aliphatic heterocycles. The molecule has 0 saturated carbocycles. The Balaban J connectivity index is 2.04. The van der Waals surface area contributed by atoms with Crippen molar-refractivity contribution in [1.82, 2.24) is 9.62 Å². The number of anilines is 1. The van der Waals surface area contributed by atoms with Crippen molar-refractivity contribution < 1.29 is 18.0 Å². The van der Waals surface area contributed by atoms with Gasteiger partial charge < -0.3 is 5.32 Å². The van der Waals surface area contributed by atoms with Crippen LogP contribution in [-0.4, -0.2) is 49.7 Å². The van der Waals surface area contributed by atoms with Crippen LogP contribution >= 0.6 is 0 Å². The standard InChI is InChI=1S/C25H33N3O4S/c1-5-20-11-9-10-14-22(20)28-23(29)17-27(33(31,32)21-12-7-6-8-13-21)18-25(28,4)24(30)26-16-15-19(2)3/h6-14,19H,5,15-18H2,1-4H3,(H,26,30). The SMILES string of the molecule is CCc1ccccc1N1C(=O)CN(S(=O)(=O)c2ccccc2)CC1(C)C(=O)NCCC(C)C. The van der Waals surface area contributed by atoms with Gasteiger partial charge in [0.2, 0.25) is 21.8 Å². The first kappa shape index (κ1) is 24.9. The number of piperazine rings is 1. The highest BCUT2D eigenvalue weighted by atomic mass is 32.2. The van der Waals surface area contributed by atoms with Crippen LogP contribution in [0.25, 0.3) is 0 Å². The molecule has 1 heterocycles. The minimum Gasteiger partial charge on any atom is -0.354 e. The van der Waals surface area contributed by atoms with Gasteiger partial charge in [0, 0.05) is 18.8 Å². The molecule has 1 unspecified atom stereocenters. The summed E-state index contributed by atoms with van der Waals surface area (Å²) in [7, 11) is -3.95. The number of benzene rings is 2. The molecule has 3 rings (SSSR count). The van der Waals surface area contributed by atoms with Gasteiger partial charge in [-0.1, -0.05) is 57.2 Å². The van der Waals surface area contributed by atoms with E-state index in [1.54, 1.807) is 25.1 Å². The van der Waals surface area contributed by atoms with Crippen molar-refractivity contribution in [3.8, 4) is 0 Å². The number of carbonyl (C=O) groups excluding carboxylic acids is 2. The zero-order valence-electron chi connectivity index (χ0n) is 19.7. The Bertz CT molecular complexity index is 1100. The molecule has 1 aliphatic rings. The molecule has 0 radical (unpaired) electrons. The quantitative estimate of drug-likeness (QED) is 0.641. The van der Waals surface area contributed by atoms with Crippen LogP contribution in [0.3, 0.4) is 0 Å². The second kappa shape index (κ2) is 10.1. The third kappa shape index (κ3) is 5.12. The van der Waals surface area contributed by atoms with E-state index >= 15 is 0 Å². The van der Waals surface area contributed by atoms with Crippen LogP contribution in [-0.2, 0) is 26.0 Å². The lowest BCUT2D eigenvalue weighted by Gasteiger charge is -2.47. The summed E-state index contributed by atoms with van der Waals surface area (Å²) in [5, 5.41) is 2.94. The van der Waals surface area contributed by atoms with Gasteiger partial charge in [0.05, 0.1) is 11.4 Å². The van der Waals surface area contributed by atoms with Crippen LogP contribution in [0.15, 0.2) is 59.5 Å². The topological polar surface area (TPSA) is 86.8 Å². The van der Waals surface area contributed by atoms with E-state index in [0.29, 0.717) is 24.6 Å². The van der Waals surface area contributed by atoms with Gasteiger partial charge in [-0.2, -0.15) is 4.31 Å². The van der Waals surface area contributed by atoms with Crippen LogP contribution in [0.4, 0.5) is 5.69 Å². The molecule has 1 N–H and O–H groups in total. The number of rotatable bonds is 8. The van der Waals surface area contributed by atoms with Gasteiger partial charge in [0.15, 0.2) is 0 Å². The third-order valence-corrected chi connectivity index (χ3v) is 7.84. The fourth-order valence-corrected chi connectivity index (χ4v) is 5.65. The molecule has 33 heavy (non-hydrogen) atoms. The number of hydrogen-bond donors (Lipinski definition) is 1. The minimum atomic E-state index is -3.95. The lowest BCUT2D eigenvalue weighted by Crippen LogP contribution is -2.70. The zero-order chi connectivity index (χ0) is 24.2. The first-order chi connectivity index (χ1) is 15.6. The Kier molecular flexibility index (Phi) is 7.59. The molecule has 0 bridgehead atoms. The highest BCUT2D eigenvalue weighted by molar-refractivity contribution is 7.89. The molecule has 0 aromatic heterocycles. The summed E-state index contributed by atoms with van der Waals surface area (Å²) in [4.78, 5) is 28.6. The average molecular weight is 472 g/mol. The van der Waals surface area contributed by atoms with Crippen molar-refractivity contribution >= 4 is 27.5 Å². The van der Waals surface area contributed by atoms with Crippen LogP contribution in [0.5, 0.6) is 0 Å². The summed E-state index contributed by atoms with van der Waals surface area (Å²) in [6, 6.07) is 15.5. The van der Waals surface area contributed by atoms with E-state index in [2.05, 4.69) is 19.2 Å². The third-order valence-electron chi connectivity index (χ3n) is 6.03. The van der Waals surface area contributed by atoms with Crippen molar-refractivity contribution in [2.24, 2.45) is 5.92 Å². The van der Waals surface area contributed by atoms with E-state index in [4.69, 9.17) is 0 Å². The Morgan fingerprint density at radius 1 is 1.09 bits per heavy atom. The van der Waals surface area contributed by atoms with Gasteiger partial charge in [0.1, 0.15) is 5.54 Å². The predicted octanol–water partition coefficient (Wildman–Crippen LogP) is 3.21. The zero-order valence-corrected chi connectivity index (χ0v) is 20.6. The highest BCUT2D eigenvalue weighted by Gasteiger charge is 2.51. The fourth-order valence-electron chi connectivity index (χ4n) is 4.14. The van der Waals surface area contributed by atoms with Gasteiger partial charge in [-0.3, -0.25) is 14.5 Å². The van der Waals surface area contributed by atoms with Gasteiger partial charge >= 0.3 is 0 Å². The number of hydrogen-bond acceptors (Lipinski definition) is 4. The van der Waals surface area contributed by atoms with Crippen LogP contribution in [0, 0.1) is 5.92 Å². The second-order valence-corrected chi connectivity index (χ2v) is 10.9. The molecule has 7 nitrogen and oxygen atoms in total. The number of carbonyl (C=O) groups is 2. The van der Waals surface area contributed by atoms with Crippen LogP contribution in [0.2, 0.25) is 0 Å². The van der Waals surface area contributed by atoms with Crippen molar-refractivity contribution in [3.63, 3.8) is 0 Å². The summed E-state index contributed by atoms with van der Waals surface area (Å²) in [6.07, 6.45) is 1.46. The molecular formula is C25H33N3O4S. The molecule has 8 heteroatoms.